The summed E-state index contributed by atoms with van der Waals surface area (Å²) in [6.07, 6.45) is 1.89. The van der Waals surface area contributed by atoms with Crippen LogP contribution in [0, 0.1) is 6.92 Å². The average molecular weight is 358 g/mol. The molecule has 0 fully saturated rings. The molecule has 0 unspecified atom stereocenters. The van der Waals surface area contributed by atoms with Gasteiger partial charge in [-0.1, -0.05) is 27.4 Å². The molecule has 2 aromatic rings. The Morgan fingerprint density at radius 1 is 1.20 bits per heavy atom. The number of rotatable bonds is 6. The minimum Gasteiger partial charge on any atom is -0.494 e. The lowest BCUT2D eigenvalue weighted by Gasteiger charge is -2.36. The highest BCUT2D eigenvalue weighted by Crippen LogP contribution is 2.37. The lowest BCUT2D eigenvalue weighted by atomic mass is 10.0. The molecule has 1 aromatic carbocycles. The van der Waals surface area contributed by atoms with Gasteiger partial charge in [0.05, 0.1) is 18.7 Å². The minimum absolute atomic E-state index is 0.194. The SMILES string of the molecule is C=C(OCC)c1cc(CO[Si](C)(C)C(C)(C)C)cc2cc(C)cnc12. The highest BCUT2D eigenvalue weighted by atomic mass is 28.4. The topological polar surface area (TPSA) is 31.4 Å². The molecule has 1 aromatic heterocycles. The second kappa shape index (κ2) is 7.30. The van der Waals surface area contributed by atoms with Crippen molar-refractivity contribution in [1.29, 1.82) is 0 Å². The Hall–Kier alpha value is -1.65. The van der Waals surface area contributed by atoms with Crippen molar-refractivity contribution >= 4 is 25.0 Å². The third kappa shape index (κ3) is 4.50. The summed E-state index contributed by atoms with van der Waals surface area (Å²) in [6.45, 7) is 20.6. The van der Waals surface area contributed by atoms with Crippen LogP contribution in [0.2, 0.25) is 18.1 Å². The maximum absolute atomic E-state index is 6.40. The van der Waals surface area contributed by atoms with Crippen LogP contribution in [0.1, 0.15) is 44.4 Å². The molecule has 1 heterocycles. The first-order valence-corrected chi connectivity index (χ1v) is 11.8. The maximum atomic E-state index is 6.40. The van der Waals surface area contributed by atoms with Crippen LogP contribution in [0.15, 0.2) is 31.0 Å². The molecular formula is C21H31NO2Si. The maximum Gasteiger partial charge on any atom is 0.192 e. The predicted molar refractivity (Wildman–Crippen MR) is 109 cm³/mol. The summed E-state index contributed by atoms with van der Waals surface area (Å²) in [6, 6.07) is 6.43. The Morgan fingerprint density at radius 3 is 2.48 bits per heavy atom. The summed E-state index contributed by atoms with van der Waals surface area (Å²) in [5.74, 6) is 0.665. The van der Waals surface area contributed by atoms with Crippen LogP contribution in [-0.4, -0.2) is 19.9 Å². The first-order valence-electron chi connectivity index (χ1n) is 8.90. The molecule has 0 aliphatic heterocycles. The van der Waals surface area contributed by atoms with E-state index in [4.69, 9.17) is 9.16 Å². The van der Waals surface area contributed by atoms with Gasteiger partial charge in [-0.3, -0.25) is 4.98 Å². The number of nitrogens with zero attached hydrogens (tertiary/aromatic N) is 1. The molecule has 0 atom stereocenters. The molecule has 0 saturated carbocycles. The van der Waals surface area contributed by atoms with E-state index in [0.29, 0.717) is 19.0 Å². The van der Waals surface area contributed by atoms with Crippen molar-refractivity contribution in [3.63, 3.8) is 0 Å². The molecule has 0 radical (unpaired) electrons. The van der Waals surface area contributed by atoms with Crippen LogP contribution in [0.25, 0.3) is 16.7 Å². The normalized spacial score (nSPS) is 12.4. The minimum atomic E-state index is -1.80. The number of aromatic nitrogens is 1. The fourth-order valence-electron chi connectivity index (χ4n) is 2.45. The Balaban J connectivity index is 2.42. The fraction of sp³-hybridized carbons (Fsp3) is 0.476. The largest absolute Gasteiger partial charge is 0.494 e. The predicted octanol–water partition coefficient (Wildman–Crippen LogP) is 6.07. The van der Waals surface area contributed by atoms with E-state index >= 15 is 0 Å². The second-order valence-electron chi connectivity index (χ2n) is 8.13. The zero-order valence-corrected chi connectivity index (χ0v) is 17.7. The Labute approximate surface area is 153 Å². The van der Waals surface area contributed by atoms with Gasteiger partial charge in [-0.2, -0.15) is 0 Å². The van der Waals surface area contributed by atoms with Crippen molar-refractivity contribution in [3.8, 4) is 0 Å². The van der Waals surface area contributed by atoms with E-state index in [9.17, 15) is 0 Å². The number of hydrogen-bond acceptors (Lipinski definition) is 3. The highest BCUT2D eigenvalue weighted by molar-refractivity contribution is 6.74. The van der Waals surface area contributed by atoms with Crippen molar-refractivity contribution < 1.29 is 9.16 Å². The van der Waals surface area contributed by atoms with E-state index in [1.54, 1.807) is 0 Å². The molecular weight excluding hydrogens is 326 g/mol. The van der Waals surface area contributed by atoms with E-state index in [1.165, 1.54) is 0 Å². The summed E-state index contributed by atoms with van der Waals surface area (Å²) >= 11 is 0. The standard InChI is InChI=1S/C21H31NO2Si/c1-9-23-16(3)19-12-17(14-24-25(7,8)21(4,5)6)11-18-10-15(2)13-22-20(18)19/h10-13H,3,9,14H2,1-2,4-8H3. The van der Waals surface area contributed by atoms with Crippen LogP contribution in [0.5, 0.6) is 0 Å². The number of fused-ring (bicyclic) bond motifs is 1. The zero-order chi connectivity index (χ0) is 18.8. The number of pyridine rings is 1. The molecule has 2 rings (SSSR count). The van der Waals surface area contributed by atoms with Gasteiger partial charge in [0.2, 0.25) is 0 Å². The Morgan fingerprint density at radius 2 is 1.88 bits per heavy atom. The van der Waals surface area contributed by atoms with E-state index in [-0.39, 0.29) is 5.04 Å². The molecule has 136 valence electrons. The van der Waals surface area contributed by atoms with Crippen molar-refractivity contribution in [2.24, 2.45) is 0 Å². The van der Waals surface area contributed by atoms with Crippen LogP contribution in [0.3, 0.4) is 0 Å². The van der Waals surface area contributed by atoms with Gasteiger partial charge in [-0.25, -0.2) is 0 Å². The molecule has 0 bridgehead atoms. The van der Waals surface area contributed by atoms with Crippen molar-refractivity contribution in [2.45, 2.75) is 59.4 Å². The quantitative estimate of drug-likeness (QED) is 0.464. The van der Waals surface area contributed by atoms with Gasteiger partial charge in [0.1, 0.15) is 5.76 Å². The van der Waals surface area contributed by atoms with Gasteiger partial charge < -0.3 is 9.16 Å². The first kappa shape index (κ1) is 19.7. The molecule has 0 saturated heterocycles. The molecule has 0 N–H and O–H groups in total. The highest BCUT2D eigenvalue weighted by Gasteiger charge is 2.37. The summed E-state index contributed by atoms with van der Waals surface area (Å²) in [5, 5.41) is 1.30. The van der Waals surface area contributed by atoms with Gasteiger partial charge in [-0.15, -0.1) is 0 Å². The van der Waals surface area contributed by atoms with Crippen LogP contribution >= 0.6 is 0 Å². The van der Waals surface area contributed by atoms with Crippen LogP contribution in [-0.2, 0) is 15.8 Å². The smallest absolute Gasteiger partial charge is 0.192 e. The van der Waals surface area contributed by atoms with E-state index in [2.05, 4.69) is 70.6 Å². The van der Waals surface area contributed by atoms with Crippen molar-refractivity contribution in [3.05, 3.63) is 47.7 Å². The first-order chi connectivity index (χ1) is 11.5. The van der Waals surface area contributed by atoms with Crippen LogP contribution < -0.4 is 0 Å². The zero-order valence-electron chi connectivity index (χ0n) is 16.7. The molecule has 0 amide bonds. The summed E-state index contributed by atoms with van der Waals surface area (Å²) < 4.78 is 12.1. The van der Waals surface area contributed by atoms with E-state index in [1.807, 2.05) is 13.1 Å². The third-order valence-electron chi connectivity index (χ3n) is 5.00. The molecule has 0 aliphatic rings. The summed E-state index contributed by atoms with van der Waals surface area (Å²) in [5.41, 5.74) is 4.16. The molecule has 4 heteroatoms. The van der Waals surface area contributed by atoms with Gasteiger partial charge >= 0.3 is 0 Å². The Kier molecular flexibility index (Phi) is 5.74. The number of hydrogen-bond donors (Lipinski definition) is 0. The molecule has 0 spiro atoms. The third-order valence-corrected chi connectivity index (χ3v) is 9.48. The molecule has 0 aliphatic carbocycles. The number of ether oxygens (including phenoxy) is 1. The van der Waals surface area contributed by atoms with Gasteiger partial charge in [0, 0.05) is 17.1 Å². The molecule has 25 heavy (non-hydrogen) atoms. The summed E-state index contributed by atoms with van der Waals surface area (Å²) in [4.78, 5) is 4.60. The van der Waals surface area contributed by atoms with E-state index in [0.717, 1.165) is 27.6 Å². The van der Waals surface area contributed by atoms with Gasteiger partial charge in [-0.05, 0) is 61.3 Å². The number of aryl methyl sites for hydroxylation is 1. The van der Waals surface area contributed by atoms with Gasteiger partial charge in [0.15, 0.2) is 8.32 Å². The van der Waals surface area contributed by atoms with E-state index < -0.39 is 8.32 Å². The lowest BCUT2D eigenvalue weighted by Crippen LogP contribution is -2.40. The van der Waals surface area contributed by atoms with Gasteiger partial charge in [0.25, 0.3) is 0 Å². The van der Waals surface area contributed by atoms with Crippen LogP contribution in [0.4, 0.5) is 0 Å². The number of benzene rings is 1. The van der Waals surface area contributed by atoms with Crippen molar-refractivity contribution in [2.75, 3.05) is 6.61 Å². The molecule has 3 nitrogen and oxygen atoms in total. The van der Waals surface area contributed by atoms with Crippen molar-refractivity contribution in [1.82, 2.24) is 4.98 Å². The Bertz CT molecular complexity index is 775. The fourth-order valence-corrected chi connectivity index (χ4v) is 3.41. The summed E-state index contributed by atoms with van der Waals surface area (Å²) in [7, 11) is -1.80. The average Bonchev–Trinajstić information content (AvgIpc) is 2.51. The lowest BCUT2D eigenvalue weighted by molar-refractivity contribution is 0.276. The second-order valence-corrected chi connectivity index (χ2v) is 12.9. The monoisotopic (exact) mass is 357 g/mol.